The van der Waals surface area contributed by atoms with E-state index in [1.807, 2.05) is 69.5 Å². The van der Waals surface area contributed by atoms with Crippen molar-refractivity contribution < 1.29 is 9.59 Å². The van der Waals surface area contributed by atoms with Crippen molar-refractivity contribution >= 4 is 51.9 Å². The maximum Gasteiger partial charge on any atom is 0.251 e. The lowest BCUT2D eigenvalue weighted by molar-refractivity contribution is -0.113. The Morgan fingerprint density at radius 2 is 1.74 bits per heavy atom. The second-order valence-electron chi connectivity index (χ2n) is 8.40. The number of hydrogen-bond donors (Lipinski definition) is 2. The lowest BCUT2D eigenvalue weighted by Gasteiger charge is -2.22. The number of nitrogens with zero attached hydrogens (tertiary/aromatic N) is 3. The summed E-state index contributed by atoms with van der Waals surface area (Å²) in [6, 6.07) is 12.9. The van der Waals surface area contributed by atoms with E-state index in [1.165, 1.54) is 11.8 Å². The van der Waals surface area contributed by atoms with E-state index in [0.717, 1.165) is 20.4 Å². The van der Waals surface area contributed by atoms with Crippen LogP contribution in [0.25, 0.3) is 0 Å². The van der Waals surface area contributed by atoms with Crippen LogP contribution in [0, 0.1) is 23.3 Å². The van der Waals surface area contributed by atoms with Gasteiger partial charge in [-0.3, -0.25) is 9.59 Å². The molecule has 2 amide bonds. The molecule has 0 radical (unpaired) electrons. The number of amides is 2. The average molecular weight is 592 g/mol. The third-order valence-electron chi connectivity index (χ3n) is 5.42. The molecular formula is C25H30IN5O2S. The van der Waals surface area contributed by atoms with E-state index in [1.54, 1.807) is 12.1 Å². The molecule has 0 unspecified atom stereocenters. The van der Waals surface area contributed by atoms with Crippen molar-refractivity contribution in [2.75, 3.05) is 11.1 Å². The van der Waals surface area contributed by atoms with Crippen LogP contribution in [-0.2, 0) is 11.3 Å². The number of carbonyl (C=O) groups excluding carboxylic acids is 2. The van der Waals surface area contributed by atoms with E-state index in [0.29, 0.717) is 23.1 Å². The summed E-state index contributed by atoms with van der Waals surface area (Å²) >= 11 is 3.62. The molecule has 0 aliphatic carbocycles. The van der Waals surface area contributed by atoms with Crippen molar-refractivity contribution in [3.05, 3.63) is 68.5 Å². The highest BCUT2D eigenvalue weighted by atomic mass is 127. The van der Waals surface area contributed by atoms with Crippen LogP contribution in [0.2, 0.25) is 0 Å². The van der Waals surface area contributed by atoms with Gasteiger partial charge in [-0.25, -0.2) is 0 Å². The van der Waals surface area contributed by atoms with Crippen LogP contribution >= 0.6 is 34.4 Å². The number of benzene rings is 2. The molecule has 9 heteroatoms. The molecule has 34 heavy (non-hydrogen) atoms. The molecule has 0 aliphatic rings. The van der Waals surface area contributed by atoms with Crippen LogP contribution in [0.1, 0.15) is 54.1 Å². The van der Waals surface area contributed by atoms with Crippen molar-refractivity contribution in [3.8, 4) is 0 Å². The van der Waals surface area contributed by atoms with E-state index in [9.17, 15) is 9.59 Å². The molecule has 180 valence electrons. The molecule has 2 N–H and O–H groups in total. The normalized spacial score (nSPS) is 12.0. The third-order valence-corrected chi connectivity index (χ3v) is 7.01. The number of thioether (sulfide) groups is 1. The molecule has 0 saturated carbocycles. The summed E-state index contributed by atoms with van der Waals surface area (Å²) in [6.45, 7) is 10.7. The van der Waals surface area contributed by atoms with Gasteiger partial charge in [-0.1, -0.05) is 43.8 Å². The maximum atomic E-state index is 12.8. The molecule has 3 aromatic rings. The number of halogens is 1. The summed E-state index contributed by atoms with van der Waals surface area (Å²) in [7, 11) is 0. The molecule has 1 aromatic heterocycles. The molecule has 0 aliphatic heterocycles. The quantitative estimate of drug-likeness (QED) is 0.258. The first-order valence-electron chi connectivity index (χ1n) is 11.2. The summed E-state index contributed by atoms with van der Waals surface area (Å²) in [5, 5.41) is 15.5. The molecule has 1 atom stereocenters. The minimum absolute atomic E-state index is 0.0950. The first-order chi connectivity index (χ1) is 16.2. The zero-order valence-electron chi connectivity index (χ0n) is 20.1. The molecule has 1 heterocycles. The highest BCUT2D eigenvalue weighted by Crippen LogP contribution is 2.27. The number of hydrogen-bond acceptors (Lipinski definition) is 5. The molecule has 7 nitrogen and oxygen atoms in total. The minimum atomic E-state index is -0.305. The molecular weight excluding hydrogens is 561 g/mol. The Morgan fingerprint density at radius 1 is 1.09 bits per heavy atom. The predicted octanol–water partition coefficient (Wildman–Crippen LogP) is 5.38. The molecule has 0 bridgehead atoms. The van der Waals surface area contributed by atoms with Gasteiger partial charge in [0.15, 0.2) is 11.0 Å². The number of aryl methyl sites for hydroxylation is 2. The van der Waals surface area contributed by atoms with Crippen LogP contribution in [0.3, 0.4) is 0 Å². The third kappa shape index (κ3) is 6.38. The average Bonchev–Trinajstić information content (AvgIpc) is 3.21. The fraction of sp³-hybridized carbons (Fsp3) is 0.360. The SMILES string of the molecule is CCn1c(SCC(=O)Nc2c(C)cc(I)cc2C)nnc1[C@@H](NC(=O)c1ccccc1)C(C)C. The van der Waals surface area contributed by atoms with Crippen LogP contribution < -0.4 is 10.6 Å². The maximum absolute atomic E-state index is 12.8. The Kier molecular flexibility index (Phi) is 9.12. The van der Waals surface area contributed by atoms with Crippen molar-refractivity contribution in [1.29, 1.82) is 0 Å². The molecule has 0 saturated heterocycles. The van der Waals surface area contributed by atoms with Gasteiger partial charge in [0.25, 0.3) is 5.91 Å². The van der Waals surface area contributed by atoms with Gasteiger partial charge in [0, 0.05) is 21.4 Å². The molecule has 2 aromatic carbocycles. The highest BCUT2D eigenvalue weighted by Gasteiger charge is 2.26. The summed E-state index contributed by atoms with van der Waals surface area (Å²) in [5.41, 5.74) is 3.53. The lowest BCUT2D eigenvalue weighted by Crippen LogP contribution is -2.33. The minimum Gasteiger partial charge on any atom is -0.342 e. The Morgan fingerprint density at radius 3 is 2.32 bits per heavy atom. The Hall–Kier alpha value is -2.40. The van der Waals surface area contributed by atoms with Gasteiger partial charge in [-0.15, -0.1) is 10.2 Å². The number of nitrogens with one attached hydrogen (secondary N) is 2. The van der Waals surface area contributed by atoms with Gasteiger partial charge >= 0.3 is 0 Å². The van der Waals surface area contributed by atoms with Crippen molar-refractivity contribution in [2.45, 2.75) is 52.4 Å². The first-order valence-corrected chi connectivity index (χ1v) is 13.3. The fourth-order valence-corrected chi connectivity index (χ4v) is 5.43. The van der Waals surface area contributed by atoms with E-state index < -0.39 is 0 Å². The van der Waals surface area contributed by atoms with Gasteiger partial charge < -0.3 is 15.2 Å². The van der Waals surface area contributed by atoms with E-state index >= 15 is 0 Å². The molecule has 0 fully saturated rings. The van der Waals surface area contributed by atoms with Crippen LogP contribution in [0.15, 0.2) is 47.6 Å². The predicted molar refractivity (Wildman–Crippen MR) is 145 cm³/mol. The smallest absolute Gasteiger partial charge is 0.251 e. The van der Waals surface area contributed by atoms with Crippen LogP contribution in [0.5, 0.6) is 0 Å². The van der Waals surface area contributed by atoms with Gasteiger partial charge in [-0.05, 0) is 84.7 Å². The second-order valence-corrected chi connectivity index (χ2v) is 10.6. The molecule has 0 spiro atoms. The zero-order chi connectivity index (χ0) is 24.8. The van der Waals surface area contributed by atoms with Gasteiger partial charge in [-0.2, -0.15) is 0 Å². The van der Waals surface area contributed by atoms with Crippen LogP contribution in [-0.4, -0.2) is 32.3 Å². The summed E-state index contributed by atoms with van der Waals surface area (Å²) in [5.74, 6) is 0.763. The lowest BCUT2D eigenvalue weighted by atomic mass is 10.0. The van der Waals surface area contributed by atoms with Crippen LogP contribution in [0.4, 0.5) is 5.69 Å². The van der Waals surface area contributed by atoms with Crippen molar-refractivity contribution in [3.63, 3.8) is 0 Å². The van der Waals surface area contributed by atoms with Crippen molar-refractivity contribution in [2.24, 2.45) is 5.92 Å². The Labute approximate surface area is 218 Å². The summed E-state index contributed by atoms with van der Waals surface area (Å²) in [4.78, 5) is 25.5. The Bertz CT molecular complexity index is 1140. The van der Waals surface area contributed by atoms with Gasteiger partial charge in [0.1, 0.15) is 0 Å². The highest BCUT2D eigenvalue weighted by molar-refractivity contribution is 14.1. The zero-order valence-corrected chi connectivity index (χ0v) is 23.0. The van der Waals surface area contributed by atoms with E-state index in [-0.39, 0.29) is 29.5 Å². The summed E-state index contributed by atoms with van der Waals surface area (Å²) < 4.78 is 3.11. The number of aromatic nitrogens is 3. The monoisotopic (exact) mass is 591 g/mol. The van der Waals surface area contributed by atoms with Gasteiger partial charge in [0.05, 0.1) is 11.8 Å². The van der Waals surface area contributed by atoms with E-state index in [2.05, 4.69) is 43.4 Å². The largest absolute Gasteiger partial charge is 0.342 e. The summed E-state index contributed by atoms with van der Waals surface area (Å²) in [6.07, 6.45) is 0. The molecule has 3 rings (SSSR count). The Balaban J connectivity index is 1.72. The number of anilines is 1. The number of rotatable bonds is 9. The number of carbonyl (C=O) groups is 2. The van der Waals surface area contributed by atoms with Crippen molar-refractivity contribution in [1.82, 2.24) is 20.1 Å². The fourth-order valence-electron chi connectivity index (χ4n) is 3.69. The van der Waals surface area contributed by atoms with E-state index in [4.69, 9.17) is 0 Å². The first kappa shape index (κ1) is 26.2. The second kappa shape index (κ2) is 11.8. The van der Waals surface area contributed by atoms with Gasteiger partial charge in [0.2, 0.25) is 5.91 Å². The standard InChI is InChI=1S/C25H30IN5O2S/c1-6-31-23(21(15(2)3)28-24(33)18-10-8-7-9-11-18)29-30-25(31)34-14-20(32)27-22-16(4)12-19(26)13-17(22)5/h7-13,15,21H,6,14H2,1-5H3,(H,27,32)(H,28,33)/t21-/m0/s1. The topological polar surface area (TPSA) is 88.9 Å².